The molecule has 3 rings (SSSR count). The molecule has 0 saturated heterocycles. The third kappa shape index (κ3) is 2.62. The van der Waals surface area contributed by atoms with Crippen molar-refractivity contribution in [3.63, 3.8) is 0 Å². The number of ether oxygens (including phenoxy) is 1. The fourth-order valence-corrected chi connectivity index (χ4v) is 4.26. The minimum Gasteiger partial charge on any atom is -0.488 e. The number of benzene rings is 1. The molecule has 1 aliphatic rings. The molecule has 1 saturated carbocycles. The van der Waals surface area contributed by atoms with Crippen LogP contribution in [0.3, 0.4) is 0 Å². The topological polar surface area (TPSA) is 48.1 Å². The summed E-state index contributed by atoms with van der Waals surface area (Å²) in [5.74, 6) is 1.49. The van der Waals surface area contributed by atoms with Gasteiger partial charge in [-0.25, -0.2) is 4.98 Å². The average Bonchev–Trinajstić information content (AvgIpc) is 2.79. The van der Waals surface area contributed by atoms with Gasteiger partial charge in [0.05, 0.1) is 16.3 Å². The van der Waals surface area contributed by atoms with Crippen molar-refractivity contribution >= 4 is 27.2 Å². The SMILES string of the molecule is CC1CC(Oc2ccc3scnc3c2N)CC(C)(C)C1. The van der Waals surface area contributed by atoms with E-state index in [0.717, 1.165) is 28.8 Å². The molecule has 2 unspecified atom stereocenters. The van der Waals surface area contributed by atoms with E-state index in [2.05, 4.69) is 31.8 Å². The summed E-state index contributed by atoms with van der Waals surface area (Å²) < 4.78 is 7.33. The normalized spacial score (nSPS) is 25.8. The largest absolute Gasteiger partial charge is 0.488 e. The summed E-state index contributed by atoms with van der Waals surface area (Å²) in [6.07, 6.45) is 3.73. The van der Waals surface area contributed by atoms with Gasteiger partial charge in [0.25, 0.3) is 0 Å². The van der Waals surface area contributed by atoms with Crippen LogP contribution in [0.25, 0.3) is 10.2 Å². The third-order valence-corrected chi connectivity index (χ3v) is 4.94. The number of hydrogen-bond acceptors (Lipinski definition) is 4. The van der Waals surface area contributed by atoms with Crippen LogP contribution in [0.1, 0.15) is 40.0 Å². The molecule has 0 radical (unpaired) electrons. The predicted octanol–water partition coefficient (Wildman–Crippen LogP) is 4.47. The summed E-state index contributed by atoms with van der Waals surface area (Å²) in [6.45, 7) is 6.96. The molecule has 108 valence electrons. The Kier molecular flexibility index (Phi) is 3.36. The van der Waals surface area contributed by atoms with E-state index in [1.54, 1.807) is 11.3 Å². The molecule has 0 amide bonds. The Hall–Kier alpha value is -1.29. The second-order valence-corrected chi connectivity index (χ2v) is 7.72. The molecular formula is C16H22N2OS. The molecule has 1 aromatic carbocycles. The molecule has 20 heavy (non-hydrogen) atoms. The van der Waals surface area contributed by atoms with Crippen molar-refractivity contribution in [1.29, 1.82) is 0 Å². The summed E-state index contributed by atoms with van der Waals surface area (Å²) in [6, 6.07) is 4.04. The maximum atomic E-state index is 6.21. The van der Waals surface area contributed by atoms with E-state index in [0.29, 0.717) is 17.0 Å². The number of hydrogen-bond donors (Lipinski definition) is 1. The lowest BCUT2D eigenvalue weighted by Crippen LogP contribution is -2.34. The number of aromatic nitrogens is 1. The number of anilines is 1. The van der Waals surface area contributed by atoms with E-state index in [9.17, 15) is 0 Å². The fraction of sp³-hybridized carbons (Fsp3) is 0.562. The first-order chi connectivity index (χ1) is 9.44. The van der Waals surface area contributed by atoms with E-state index >= 15 is 0 Å². The summed E-state index contributed by atoms with van der Waals surface area (Å²) >= 11 is 1.61. The first-order valence-corrected chi connectivity index (χ1v) is 8.11. The highest BCUT2D eigenvalue weighted by Gasteiger charge is 2.33. The van der Waals surface area contributed by atoms with Crippen LogP contribution in [0, 0.1) is 11.3 Å². The number of rotatable bonds is 2. The lowest BCUT2D eigenvalue weighted by molar-refractivity contribution is 0.0568. The number of nitrogens with two attached hydrogens (primary N) is 1. The van der Waals surface area contributed by atoms with E-state index < -0.39 is 0 Å². The Morgan fingerprint density at radius 1 is 1.35 bits per heavy atom. The van der Waals surface area contributed by atoms with Gasteiger partial charge in [0.1, 0.15) is 17.0 Å². The van der Waals surface area contributed by atoms with Crippen molar-refractivity contribution in [2.24, 2.45) is 11.3 Å². The molecule has 2 N–H and O–H groups in total. The first-order valence-electron chi connectivity index (χ1n) is 7.23. The molecule has 1 heterocycles. The zero-order valence-electron chi connectivity index (χ0n) is 12.3. The molecule has 1 aromatic heterocycles. The Labute approximate surface area is 124 Å². The average molecular weight is 290 g/mol. The van der Waals surface area contributed by atoms with Crippen LogP contribution >= 0.6 is 11.3 Å². The molecule has 1 fully saturated rings. The Morgan fingerprint density at radius 2 is 2.15 bits per heavy atom. The van der Waals surface area contributed by atoms with Gasteiger partial charge in [-0.1, -0.05) is 20.8 Å². The fourth-order valence-electron chi connectivity index (χ4n) is 3.56. The second-order valence-electron chi connectivity index (χ2n) is 6.83. The van der Waals surface area contributed by atoms with Crippen molar-refractivity contribution in [3.8, 4) is 5.75 Å². The minimum absolute atomic E-state index is 0.257. The van der Waals surface area contributed by atoms with Gasteiger partial charge in [0, 0.05) is 0 Å². The second kappa shape index (κ2) is 4.92. The van der Waals surface area contributed by atoms with Crippen molar-refractivity contribution in [3.05, 3.63) is 17.6 Å². The van der Waals surface area contributed by atoms with Crippen LogP contribution in [0.2, 0.25) is 0 Å². The predicted molar refractivity (Wildman–Crippen MR) is 85.2 cm³/mol. The number of nitrogen functional groups attached to an aromatic ring is 1. The lowest BCUT2D eigenvalue weighted by Gasteiger charge is -2.39. The highest BCUT2D eigenvalue weighted by Crippen LogP contribution is 2.41. The van der Waals surface area contributed by atoms with E-state index in [1.807, 2.05) is 11.6 Å². The smallest absolute Gasteiger partial charge is 0.144 e. The van der Waals surface area contributed by atoms with Crippen molar-refractivity contribution in [2.75, 3.05) is 5.73 Å². The van der Waals surface area contributed by atoms with Gasteiger partial charge in [0.15, 0.2) is 0 Å². The van der Waals surface area contributed by atoms with E-state index in [1.165, 1.54) is 6.42 Å². The molecule has 2 aromatic rings. The maximum absolute atomic E-state index is 6.21. The van der Waals surface area contributed by atoms with Crippen molar-refractivity contribution in [2.45, 2.75) is 46.1 Å². The van der Waals surface area contributed by atoms with Gasteiger partial charge in [-0.15, -0.1) is 11.3 Å². The first kappa shape index (κ1) is 13.7. The van der Waals surface area contributed by atoms with Crippen LogP contribution < -0.4 is 10.5 Å². The van der Waals surface area contributed by atoms with E-state index in [4.69, 9.17) is 10.5 Å². The lowest BCUT2D eigenvalue weighted by atomic mass is 9.71. The van der Waals surface area contributed by atoms with Crippen molar-refractivity contribution < 1.29 is 4.74 Å². The quantitative estimate of drug-likeness (QED) is 0.830. The summed E-state index contributed by atoms with van der Waals surface area (Å²) in [4.78, 5) is 4.33. The zero-order valence-corrected chi connectivity index (χ0v) is 13.2. The molecule has 2 atom stereocenters. The van der Waals surface area contributed by atoms with Crippen LogP contribution in [-0.2, 0) is 0 Å². The third-order valence-electron chi connectivity index (χ3n) is 4.14. The van der Waals surface area contributed by atoms with Crippen LogP contribution in [0.15, 0.2) is 17.6 Å². The molecule has 4 heteroatoms. The molecule has 0 bridgehead atoms. The van der Waals surface area contributed by atoms with Gasteiger partial charge in [0.2, 0.25) is 0 Å². The maximum Gasteiger partial charge on any atom is 0.144 e. The Morgan fingerprint density at radius 3 is 2.90 bits per heavy atom. The number of nitrogens with zero attached hydrogens (tertiary/aromatic N) is 1. The minimum atomic E-state index is 0.257. The standard InChI is InChI=1S/C16H22N2OS/c1-10-6-11(8-16(2,3)7-10)19-12-4-5-13-15(14(12)17)18-9-20-13/h4-5,9-11H,6-8,17H2,1-3H3. The van der Waals surface area contributed by atoms with Gasteiger partial charge in [-0.2, -0.15) is 0 Å². The highest BCUT2D eigenvalue weighted by molar-refractivity contribution is 7.16. The van der Waals surface area contributed by atoms with Crippen LogP contribution in [-0.4, -0.2) is 11.1 Å². The monoisotopic (exact) mass is 290 g/mol. The van der Waals surface area contributed by atoms with Crippen LogP contribution in [0.5, 0.6) is 5.75 Å². The summed E-state index contributed by atoms with van der Waals surface area (Å²) in [7, 11) is 0. The number of fused-ring (bicyclic) bond motifs is 1. The molecule has 1 aliphatic carbocycles. The Bertz CT molecular complexity index is 620. The van der Waals surface area contributed by atoms with Crippen molar-refractivity contribution in [1.82, 2.24) is 4.98 Å². The number of thiazole rings is 1. The van der Waals surface area contributed by atoms with Gasteiger partial charge < -0.3 is 10.5 Å². The van der Waals surface area contributed by atoms with Gasteiger partial charge in [-0.3, -0.25) is 0 Å². The van der Waals surface area contributed by atoms with Gasteiger partial charge in [-0.05, 0) is 42.7 Å². The summed E-state index contributed by atoms with van der Waals surface area (Å²) in [5.41, 5.74) is 9.93. The van der Waals surface area contributed by atoms with Gasteiger partial charge >= 0.3 is 0 Å². The molecule has 0 aliphatic heterocycles. The van der Waals surface area contributed by atoms with Crippen LogP contribution in [0.4, 0.5) is 5.69 Å². The molecule has 0 spiro atoms. The summed E-state index contributed by atoms with van der Waals surface area (Å²) in [5, 5.41) is 0. The Balaban J connectivity index is 1.84. The highest BCUT2D eigenvalue weighted by atomic mass is 32.1. The zero-order chi connectivity index (χ0) is 14.3. The molecule has 3 nitrogen and oxygen atoms in total. The van der Waals surface area contributed by atoms with E-state index in [-0.39, 0.29) is 6.10 Å². The molecular weight excluding hydrogens is 268 g/mol.